The highest BCUT2D eigenvalue weighted by Crippen LogP contribution is 2.36. The molecule has 1 atom stereocenters. The van der Waals surface area contributed by atoms with Crippen LogP contribution in [0.2, 0.25) is 0 Å². The lowest BCUT2D eigenvalue weighted by atomic mass is 10.2. The van der Waals surface area contributed by atoms with Gasteiger partial charge in [-0.05, 0) is 23.6 Å². The molecule has 1 aliphatic heterocycles. The lowest BCUT2D eigenvalue weighted by Crippen LogP contribution is -2.32. The number of benzene rings is 1. The van der Waals surface area contributed by atoms with E-state index < -0.39 is 29.6 Å². The predicted molar refractivity (Wildman–Crippen MR) is 102 cm³/mol. The average Bonchev–Trinajstić information content (AvgIpc) is 3.09. The number of thiophene rings is 1. The zero-order chi connectivity index (χ0) is 19.4. The molecule has 0 saturated heterocycles. The Kier molecular flexibility index (Phi) is 5.77. The van der Waals surface area contributed by atoms with Crippen molar-refractivity contribution < 1.29 is 23.9 Å². The third-order valence-corrected chi connectivity index (χ3v) is 5.71. The molecule has 2 aromatic rings. The fourth-order valence-electron chi connectivity index (χ4n) is 2.35. The maximum Gasteiger partial charge on any atom is 0.307 e. The summed E-state index contributed by atoms with van der Waals surface area (Å²) < 4.78 is 4.94. The molecule has 8 nitrogen and oxygen atoms in total. The topological polar surface area (TPSA) is 128 Å². The number of nitrogens with one attached hydrogen (secondary N) is 2. The summed E-state index contributed by atoms with van der Waals surface area (Å²) in [5, 5.41) is 6.48. The van der Waals surface area contributed by atoms with Gasteiger partial charge >= 0.3 is 5.97 Å². The zero-order valence-corrected chi connectivity index (χ0v) is 15.5. The summed E-state index contributed by atoms with van der Waals surface area (Å²) in [4.78, 5) is 48.0. The highest BCUT2D eigenvalue weighted by atomic mass is 32.2. The summed E-state index contributed by atoms with van der Waals surface area (Å²) in [6.45, 7) is -0.523. The molecule has 4 N–H and O–H groups in total. The van der Waals surface area contributed by atoms with E-state index in [0.717, 1.165) is 16.2 Å². The van der Waals surface area contributed by atoms with E-state index in [9.17, 15) is 19.2 Å². The van der Waals surface area contributed by atoms with Gasteiger partial charge in [0.15, 0.2) is 6.61 Å². The van der Waals surface area contributed by atoms with E-state index in [0.29, 0.717) is 10.7 Å². The van der Waals surface area contributed by atoms with Crippen LogP contribution in [0.25, 0.3) is 0 Å². The number of fused-ring (bicyclic) bond motifs is 1. The predicted octanol–water partition coefficient (Wildman–Crippen LogP) is 1.83. The Morgan fingerprint density at radius 1 is 1.22 bits per heavy atom. The molecule has 27 heavy (non-hydrogen) atoms. The first kappa shape index (κ1) is 18.9. The number of anilines is 2. The Balaban J connectivity index is 1.50. The van der Waals surface area contributed by atoms with Gasteiger partial charge in [0, 0.05) is 4.90 Å². The normalized spacial score (nSPS) is 15.4. The summed E-state index contributed by atoms with van der Waals surface area (Å²) in [7, 11) is 0. The van der Waals surface area contributed by atoms with E-state index in [4.69, 9.17) is 10.5 Å². The average molecular weight is 405 g/mol. The number of para-hydroxylation sites is 1. The lowest BCUT2D eigenvalue weighted by molar-refractivity contribution is -0.147. The van der Waals surface area contributed by atoms with Crippen molar-refractivity contribution in [3.8, 4) is 0 Å². The van der Waals surface area contributed by atoms with Gasteiger partial charge in [0.05, 0.1) is 22.9 Å². The Bertz CT molecular complexity index is 911. The smallest absolute Gasteiger partial charge is 0.307 e. The van der Waals surface area contributed by atoms with Gasteiger partial charge in [-0.1, -0.05) is 12.1 Å². The first-order valence-corrected chi connectivity index (χ1v) is 9.59. The standard InChI is InChI=1S/C17H15N3O5S2/c18-15(23)9-5-6-26-17(9)20-13(21)8-25-14(22)7-12-16(24)19-10-3-1-2-4-11(10)27-12/h1-6,12H,7-8H2,(H2,18,23)(H,19,24)(H,20,21)/t12-/m1/s1. The van der Waals surface area contributed by atoms with E-state index in [2.05, 4.69) is 10.6 Å². The third kappa shape index (κ3) is 4.66. The fourth-order valence-corrected chi connectivity index (χ4v) is 4.25. The van der Waals surface area contributed by atoms with Gasteiger partial charge < -0.3 is 21.1 Å². The molecular formula is C17H15N3O5S2. The number of esters is 1. The SMILES string of the molecule is NC(=O)c1ccsc1NC(=O)COC(=O)C[C@H]1Sc2ccccc2NC1=O. The van der Waals surface area contributed by atoms with Gasteiger partial charge in [-0.2, -0.15) is 0 Å². The van der Waals surface area contributed by atoms with Gasteiger partial charge in [0.2, 0.25) is 5.91 Å². The van der Waals surface area contributed by atoms with E-state index in [1.807, 2.05) is 18.2 Å². The Morgan fingerprint density at radius 2 is 2.00 bits per heavy atom. The summed E-state index contributed by atoms with van der Waals surface area (Å²) in [6.07, 6.45) is -0.163. The van der Waals surface area contributed by atoms with E-state index in [1.165, 1.54) is 17.8 Å². The van der Waals surface area contributed by atoms with Crippen LogP contribution in [0, 0.1) is 0 Å². The summed E-state index contributed by atoms with van der Waals surface area (Å²) >= 11 is 2.41. The second-order valence-electron chi connectivity index (χ2n) is 5.53. The Hall–Kier alpha value is -2.85. The number of rotatable bonds is 6. The number of ether oxygens (including phenoxy) is 1. The van der Waals surface area contributed by atoms with Crippen molar-refractivity contribution in [3.63, 3.8) is 0 Å². The van der Waals surface area contributed by atoms with E-state index in [-0.39, 0.29) is 17.9 Å². The number of amides is 3. The molecule has 0 spiro atoms. The molecule has 1 aromatic heterocycles. The second kappa shape index (κ2) is 8.23. The summed E-state index contributed by atoms with van der Waals surface area (Å²) in [6, 6.07) is 8.77. The van der Waals surface area contributed by atoms with Crippen LogP contribution in [0.15, 0.2) is 40.6 Å². The first-order chi connectivity index (χ1) is 12.9. The molecule has 0 unspecified atom stereocenters. The monoisotopic (exact) mass is 405 g/mol. The van der Waals surface area contributed by atoms with Gasteiger partial charge in [0.25, 0.3) is 11.8 Å². The van der Waals surface area contributed by atoms with Crippen molar-refractivity contribution in [1.29, 1.82) is 0 Å². The van der Waals surface area contributed by atoms with Crippen LogP contribution >= 0.6 is 23.1 Å². The van der Waals surface area contributed by atoms with Crippen LogP contribution in [0.1, 0.15) is 16.8 Å². The third-order valence-electron chi connectivity index (χ3n) is 3.61. The number of hydrogen-bond acceptors (Lipinski definition) is 7. The fraction of sp³-hybridized carbons (Fsp3) is 0.176. The van der Waals surface area contributed by atoms with Crippen LogP contribution in [0.4, 0.5) is 10.7 Å². The van der Waals surface area contributed by atoms with Crippen LogP contribution in [0.5, 0.6) is 0 Å². The number of hydrogen-bond donors (Lipinski definition) is 3. The van der Waals surface area contributed by atoms with Crippen molar-refractivity contribution in [1.82, 2.24) is 0 Å². The van der Waals surface area contributed by atoms with Crippen molar-refractivity contribution in [2.45, 2.75) is 16.6 Å². The Labute approximate surface area is 162 Å². The molecule has 0 aliphatic carbocycles. The quantitative estimate of drug-likeness (QED) is 0.629. The van der Waals surface area contributed by atoms with E-state index >= 15 is 0 Å². The van der Waals surface area contributed by atoms with Crippen LogP contribution < -0.4 is 16.4 Å². The molecule has 3 rings (SSSR count). The van der Waals surface area contributed by atoms with Crippen molar-refractivity contribution >= 4 is 57.5 Å². The van der Waals surface area contributed by atoms with Gasteiger partial charge in [0.1, 0.15) is 5.00 Å². The molecule has 0 saturated carbocycles. The molecule has 10 heteroatoms. The largest absolute Gasteiger partial charge is 0.456 e. The van der Waals surface area contributed by atoms with Gasteiger partial charge in [-0.3, -0.25) is 19.2 Å². The maximum absolute atomic E-state index is 12.1. The van der Waals surface area contributed by atoms with Crippen molar-refractivity contribution in [2.24, 2.45) is 5.73 Å². The minimum atomic E-state index is -0.668. The number of carbonyl (C=O) groups excluding carboxylic acids is 4. The molecule has 3 amide bonds. The van der Waals surface area contributed by atoms with Crippen molar-refractivity contribution in [3.05, 3.63) is 41.3 Å². The number of carbonyl (C=O) groups is 4. The molecule has 140 valence electrons. The van der Waals surface area contributed by atoms with E-state index in [1.54, 1.807) is 11.4 Å². The van der Waals surface area contributed by atoms with Gasteiger partial charge in [-0.15, -0.1) is 23.1 Å². The minimum absolute atomic E-state index is 0.163. The lowest BCUT2D eigenvalue weighted by Gasteiger charge is -2.23. The minimum Gasteiger partial charge on any atom is -0.456 e. The highest BCUT2D eigenvalue weighted by molar-refractivity contribution is 8.01. The number of primary amides is 1. The molecule has 1 aliphatic rings. The summed E-state index contributed by atoms with van der Waals surface area (Å²) in [5.74, 6) is -2.22. The number of nitrogens with two attached hydrogens (primary N) is 1. The second-order valence-corrected chi connectivity index (χ2v) is 7.69. The molecule has 0 bridgehead atoms. The molecule has 2 heterocycles. The number of thioether (sulfide) groups is 1. The molecule has 0 radical (unpaired) electrons. The highest BCUT2D eigenvalue weighted by Gasteiger charge is 2.29. The summed E-state index contributed by atoms with van der Waals surface area (Å²) in [5.41, 5.74) is 6.09. The van der Waals surface area contributed by atoms with Crippen LogP contribution in [-0.4, -0.2) is 35.5 Å². The first-order valence-electron chi connectivity index (χ1n) is 7.83. The molecular weight excluding hydrogens is 390 g/mol. The molecule has 1 aromatic carbocycles. The van der Waals surface area contributed by atoms with Crippen LogP contribution in [0.3, 0.4) is 0 Å². The van der Waals surface area contributed by atoms with Gasteiger partial charge in [-0.25, -0.2) is 0 Å². The molecule has 0 fully saturated rings. The zero-order valence-electron chi connectivity index (χ0n) is 13.9. The maximum atomic E-state index is 12.1. The Morgan fingerprint density at radius 3 is 2.78 bits per heavy atom. The van der Waals surface area contributed by atoms with Crippen molar-refractivity contribution in [2.75, 3.05) is 17.2 Å². The van der Waals surface area contributed by atoms with Crippen LogP contribution in [-0.2, 0) is 19.1 Å².